The van der Waals surface area contributed by atoms with Crippen LogP contribution in [0.4, 0.5) is 0 Å². The molecule has 0 radical (unpaired) electrons. The molecule has 0 spiro atoms. The third kappa shape index (κ3) is 5.42. The number of carbonyl (C=O) groups excluding carboxylic acids is 1. The van der Waals surface area contributed by atoms with Crippen molar-refractivity contribution in [2.75, 3.05) is 0 Å². The topological polar surface area (TPSA) is 17.1 Å². The molecule has 0 saturated heterocycles. The number of Topliss-reactive ketones (excluding diaryl/α,β-unsaturated/α-hetero) is 1. The molecular weight excluding hydrogens is 288 g/mol. The monoisotopic (exact) mass is 308 g/mol. The Morgan fingerprint density at radius 1 is 1.05 bits per heavy atom. The minimum absolute atomic E-state index is 0.101. The zero-order valence-corrected chi connectivity index (χ0v) is 13.6. The van der Waals surface area contributed by atoms with Gasteiger partial charge < -0.3 is 0 Å². The van der Waals surface area contributed by atoms with E-state index in [4.69, 9.17) is 0 Å². The first-order chi connectivity index (χ1) is 10.8. The van der Waals surface area contributed by atoms with Crippen LogP contribution >= 0.6 is 11.8 Å². The fraction of sp³-hybridized carbons (Fsp3) is 0.250. The highest BCUT2D eigenvalue weighted by Crippen LogP contribution is 2.26. The Labute approximate surface area is 137 Å². The number of thioether (sulfide) groups is 1. The summed E-state index contributed by atoms with van der Waals surface area (Å²) in [7, 11) is 0. The minimum Gasteiger partial charge on any atom is -0.279 e. The lowest BCUT2D eigenvalue weighted by Crippen LogP contribution is -2.01. The number of hydrogen-bond donors (Lipinski definition) is 0. The van der Waals surface area contributed by atoms with E-state index in [-0.39, 0.29) is 11.0 Å². The summed E-state index contributed by atoms with van der Waals surface area (Å²) >= 11 is 1.74. The Hall–Kier alpha value is -1.98. The molecule has 0 aromatic heterocycles. The molecule has 2 aromatic rings. The molecule has 0 aliphatic heterocycles. The third-order valence-electron chi connectivity index (χ3n) is 3.22. The fourth-order valence-corrected chi connectivity index (χ4v) is 3.07. The Balaban J connectivity index is 2.06. The van der Waals surface area contributed by atoms with Crippen LogP contribution in [0.1, 0.15) is 36.5 Å². The van der Waals surface area contributed by atoms with Crippen LogP contribution in [0.25, 0.3) is 0 Å². The average Bonchev–Trinajstić information content (AvgIpc) is 2.58. The molecule has 0 fully saturated rings. The lowest BCUT2D eigenvalue weighted by atomic mass is 10.1. The van der Waals surface area contributed by atoms with Crippen LogP contribution in [-0.4, -0.2) is 11.0 Å². The zero-order chi connectivity index (χ0) is 15.6. The molecule has 0 aliphatic carbocycles. The van der Waals surface area contributed by atoms with Crippen molar-refractivity contribution < 1.29 is 4.79 Å². The number of unbranched alkanes of at least 4 members (excludes halogenated alkanes) is 1. The second-order valence-corrected chi connectivity index (χ2v) is 6.30. The molecule has 2 rings (SSSR count). The number of benzene rings is 2. The van der Waals surface area contributed by atoms with Gasteiger partial charge in [-0.1, -0.05) is 74.2 Å². The molecule has 1 unspecified atom stereocenters. The van der Waals surface area contributed by atoms with Gasteiger partial charge in [-0.25, -0.2) is 0 Å². The van der Waals surface area contributed by atoms with Gasteiger partial charge in [0.15, 0.2) is 0 Å². The molecule has 0 aliphatic rings. The molecule has 112 valence electrons. The number of ketones is 1. The van der Waals surface area contributed by atoms with Crippen LogP contribution in [0.3, 0.4) is 0 Å². The fourth-order valence-electron chi connectivity index (χ4n) is 2.02. The Morgan fingerprint density at radius 3 is 2.32 bits per heavy atom. The van der Waals surface area contributed by atoms with Gasteiger partial charge in [-0.2, -0.15) is 0 Å². The van der Waals surface area contributed by atoms with Crippen LogP contribution in [0.2, 0.25) is 0 Å². The highest BCUT2D eigenvalue weighted by molar-refractivity contribution is 8.00. The summed E-state index contributed by atoms with van der Waals surface area (Å²) in [4.78, 5) is 13.3. The van der Waals surface area contributed by atoms with Crippen molar-refractivity contribution in [3.63, 3.8) is 0 Å². The van der Waals surface area contributed by atoms with Crippen molar-refractivity contribution in [1.29, 1.82) is 0 Å². The maximum atomic E-state index is 12.1. The smallest absolute Gasteiger partial charge is 0.235 e. The van der Waals surface area contributed by atoms with Crippen LogP contribution in [0.5, 0.6) is 0 Å². The van der Waals surface area contributed by atoms with Gasteiger partial charge in [0, 0.05) is 10.5 Å². The van der Waals surface area contributed by atoms with Crippen molar-refractivity contribution in [2.45, 2.75) is 36.3 Å². The Morgan fingerprint density at radius 2 is 1.68 bits per heavy atom. The highest BCUT2D eigenvalue weighted by Gasteiger charge is 2.08. The molecule has 0 saturated carbocycles. The summed E-state index contributed by atoms with van der Waals surface area (Å²) in [5.74, 6) is 5.88. The van der Waals surface area contributed by atoms with Crippen LogP contribution < -0.4 is 0 Å². The zero-order valence-electron chi connectivity index (χ0n) is 12.8. The SMILES string of the molecule is CCCCC(C#CC(=O)c1ccccc1)Sc1ccccc1. The molecular formula is C20H20OS. The van der Waals surface area contributed by atoms with Crippen molar-refractivity contribution >= 4 is 17.5 Å². The predicted octanol–water partition coefficient (Wildman–Crippen LogP) is 5.22. The largest absolute Gasteiger partial charge is 0.279 e. The van der Waals surface area contributed by atoms with Crippen LogP contribution in [0, 0.1) is 11.8 Å². The number of carbonyl (C=O) groups is 1. The quantitative estimate of drug-likeness (QED) is 0.315. The molecule has 0 heterocycles. The molecule has 22 heavy (non-hydrogen) atoms. The average molecular weight is 308 g/mol. The summed E-state index contributed by atoms with van der Waals surface area (Å²) in [6.45, 7) is 2.17. The van der Waals surface area contributed by atoms with Crippen molar-refractivity contribution in [3.05, 3.63) is 66.2 Å². The lowest BCUT2D eigenvalue weighted by molar-refractivity contribution is 0.105. The number of rotatable bonds is 6. The van der Waals surface area contributed by atoms with Gasteiger partial charge in [0.1, 0.15) is 0 Å². The van der Waals surface area contributed by atoms with Gasteiger partial charge in [0.05, 0.1) is 5.25 Å². The number of hydrogen-bond acceptors (Lipinski definition) is 2. The van der Waals surface area contributed by atoms with Gasteiger partial charge in [-0.05, 0) is 24.5 Å². The third-order valence-corrected chi connectivity index (χ3v) is 4.41. The maximum Gasteiger partial charge on any atom is 0.235 e. The molecule has 1 atom stereocenters. The van der Waals surface area contributed by atoms with Gasteiger partial charge >= 0.3 is 0 Å². The van der Waals surface area contributed by atoms with E-state index in [0.29, 0.717) is 5.56 Å². The van der Waals surface area contributed by atoms with Gasteiger partial charge in [0.2, 0.25) is 5.78 Å². The molecule has 1 nitrogen and oxygen atoms in total. The van der Waals surface area contributed by atoms with Crippen LogP contribution in [-0.2, 0) is 0 Å². The van der Waals surface area contributed by atoms with Crippen LogP contribution in [0.15, 0.2) is 65.6 Å². The molecule has 0 bridgehead atoms. The van der Waals surface area contributed by atoms with E-state index >= 15 is 0 Å². The Bertz CT molecular complexity index is 638. The van der Waals surface area contributed by atoms with E-state index in [1.54, 1.807) is 11.8 Å². The highest BCUT2D eigenvalue weighted by atomic mass is 32.2. The predicted molar refractivity (Wildman–Crippen MR) is 94.2 cm³/mol. The lowest BCUT2D eigenvalue weighted by Gasteiger charge is -2.09. The maximum absolute atomic E-state index is 12.1. The molecule has 0 N–H and O–H groups in total. The molecule has 2 aromatic carbocycles. The van der Waals surface area contributed by atoms with E-state index in [0.717, 1.165) is 19.3 Å². The second kappa shape index (κ2) is 9.12. The summed E-state index contributed by atoms with van der Waals surface area (Å²) in [5, 5.41) is 0.162. The first-order valence-electron chi connectivity index (χ1n) is 7.62. The summed E-state index contributed by atoms with van der Waals surface area (Å²) < 4.78 is 0. The standard InChI is InChI=1S/C20H20OS/c1-2-3-12-19(22-18-13-8-5-9-14-18)15-16-20(21)17-10-6-4-7-11-17/h4-11,13-14,19H,2-3,12H2,1H3. The van der Waals surface area contributed by atoms with Crippen molar-refractivity contribution in [1.82, 2.24) is 0 Å². The van der Waals surface area contributed by atoms with E-state index in [1.807, 2.05) is 48.5 Å². The van der Waals surface area contributed by atoms with E-state index in [1.165, 1.54) is 4.90 Å². The Kier molecular flexibility index (Phi) is 6.80. The first-order valence-corrected chi connectivity index (χ1v) is 8.50. The first kappa shape index (κ1) is 16.4. The van der Waals surface area contributed by atoms with Gasteiger partial charge in [-0.3, -0.25) is 4.79 Å². The van der Waals surface area contributed by atoms with Crippen molar-refractivity contribution in [2.24, 2.45) is 0 Å². The summed E-state index contributed by atoms with van der Waals surface area (Å²) in [6, 6.07) is 19.5. The normalized spacial score (nSPS) is 11.3. The molecule has 0 amide bonds. The second-order valence-electron chi connectivity index (χ2n) is 5.03. The van der Waals surface area contributed by atoms with Gasteiger partial charge in [-0.15, -0.1) is 11.8 Å². The minimum atomic E-state index is -0.101. The molecule has 2 heteroatoms. The summed E-state index contributed by atoms with van der Waals surface area (Å²) in [5.41, 5.74) is 0.661. The van der Waals surface area contributed by atoms with Gasteiger partial charge in [0.25, 0.3) is 0 Å². The van der Waals surface area contributed by atoms with E-state index < -0.39 is 0 Å². The van der Waals surface area contributed by atoms with E-state index in [2.05, 4.69) is 30.9 Å². The summed E-state index contributed by atoms with van der Waals surface area (Å²) in [6.07, 6.45) is 3.27. The van der Waals surface area contributed by atoms with E-state index in [9.17, 15) is 4.79 Å². The van der Waals surface area contributed by atoms with Crippen molar-refractivity contribution in [3.8, 4) is 11.8 Å².